The minimum Gasteiger partial charge on any atom is -0.463 e. The maximum Gasteiger partial charge on any atom is 0.338 e. The number of alkyl halides is 1. The van der Waals surface area contributed by atoms with Crippen LogP contribution >= 0.6 is 38.9 Å². The van der Waals surface area contributed by atoms with Crippen molar-refractivity contribution in [2.45, 2.75) is 13.0 Å². The summed E-state index contributed by atoms with van der Waals surface area (Å²) in [6.45, 7) is 1.82. The molecular weight excluding hydrogens is 464 g/mol. The lowest BCUT2D eigenvalue weighted by molar-refractivity contribution is -0.138. The van der Waals surface area contributed by atoms with Crippen molar-refractivity contribution in [3.05, 3.63) is 62.2 Å². The van der Waals surface area contributed by atoms with E-state index in [2.05, 4.69) is 31.2 Å². The van der Waals surface area contributed by atoms with E-state index in [0.717, 1.165) is 6.07 Å². The predicted octanol–water partition coefficient (Wildman–Crippen LogP) is 4.38. The number of nitrogens with zero attached hydrogens (tertiary/aromatic N) is 2. The number of hydrogen-bond acceptors (Lipinski definition) is 6. The van der Waals surface area contributed by atoms with E-state index < -0.39 is 28.7 Å². The molecule has 1 aliphatic heterocycles. The molecule has 2 aromatic rings. The molecule has 3 rings (SSSR count). The third kappa shape index (κ3) is 3.90. The van der Waals surface area contributed by atoms with Gasteiger partial charge in [0.15, 0.2) is 22.5 Å². The molecule has 0 saturated carbocycles. The molecule has 142 valence electrons. The summed E-state index contributed by atoms with van der Waals surface area (Å²) in [4.78, 5) is 21.3. The Bertz CT molecular complexity index is 935. The molecule has 1 N–H and O–H groups in total. The molecule has 0 aliphatic carbocycles. The second-order valence-electron chi connectivity index (χ2n) is 5.35. The first-order valence-corrected chi connectivity index (χ1v) is 10.2. The maximum atomic E-state index is 14.0. The van der Waals surface area contributed by atoms with Crippen molar-refractivity contribution < 1.29 is 18.3 Å². The van der Waals surface area contributed by atoms with Crippen molar-refractivity contribution in [1.29, 1.82) is 0 Å². The van der Waals surface area contributed by atoms with Crippen molar-refractivity contribution in [1.82, 2.24) is 10.3 Å². The van der Waals surface area contributed by atoms with Crippen LogP contribution < -0.4 is 5.32 Å². The van der Waals surface area contributed by atoms with Gasteiger partial charge in [-0.15, -0.1) is 11.3 Å². The van der Waals surface area contributed by atoms with Crippen LogP contribution in [0.15, 0.2) is 40.0 Å². The molecule has 1 aromatic heterocycles. The normalized spacial score (nSPS) is 16.8. The number of aliphatic imine (C=N–C) groups is 1. The van der Waals surface area contributed by atoms with Gasteiger partial charge in [-0.25, -0.2) is 18.6 Å². The number of esters is 1. The third-order valence-corrected chi connectivity index (χ3v) is 5.47. The molecular formula is C17H13BrClF2N3O2S. The van der Waals surface area contributed by atoms with Gasteiger partial charge in [-0.3, -0.25) is 4.99 Å². The summed E-state index contributed by atoms with van der Waals surface area (Å²) in [6, 6.07) is 1.29. The van der Waals surface area contributed by atoms with E-state index in [1.165, 1.54) is 17.4 Å². The Kier molecular flexibility index (Phi) is 6.23. The number of carbonyl (C=O) groups is 1. The predicted molar refractivity (Wildman–Crippen MR) is 103 cm³/mol. The zero-order valence-electron chi connectivity index (χ0n) is 13.9. The van der Waals surface area contributed by atoms with Crippen LogP contribution in [0.1, 0.15) is 23.5 Å². The van der Waals surface area contributed by atoms with Gasteiger partial charge in [0.2, 0.25) is 0 Å². The smallest absolute Gasteiger partial charge is 0.338 e. The molecule has 0 radical (unpaired) electrons. The highest BCUT2D eigenvalue weighted by molar-refractivity contribution is 9.09. The van der Waals surface area contributed by atoms with Gasteiger partial charge < -0.3 is 10.1 Å². The largest absolute Gasteiger partial charge is 0.463 e. The van der Waals surface area contributed by atoms with E-state index in [-0.39, 0.29) is 23.1 Å². The summed E-state index contributed by atoms with van der Waals surface area (Å²) in [6.07, 6.45) is 1.61. The van der Waals surface area contributed by atoms with Gasteiger partial charge in [0, 0.05) is 28.2 Å². The van der Waals surface area contributed by atoms with Gasteiger partial charge >= 0.3 is 5.97 Å². The fourth-order valence-corrected chi connectivity index (χ4v) is 3.86. The van der Waals surface area contributed by atoms with Gasteiger partial charge in [0.05, 0.1) is 17.2 Å². The molecule has 1 atom stereocenters. The fraction of sp³-hybridized carbons (Fsp3) is 0.235. The monoisotopic (exact) mass is 475 g/mol. The molecule has 0 saturated heterocycles. The lowest BCUT2D eigenvalue weighted by atomic mass is 9.95. The van der Waals surface area contributed by atoms with E-state index in [0.29, 0.717) is 16.5 Å². The van der Waals surface area contributed by atoms with E-state index in [1.54, 1.807) is 18.5 Å². The van der Waals surface area contributed by atoms with E-state index in [1.807, 2.05) is 0 Å². The summed E-state index contributed by atoms with van der Waals surface area (Å²) in [7, 11) is 0. The Balaban J connectivity index is 2.19. The van der Waals surface area contributed by atoms with Gasteiger partial charge in [0.1, 0.15) is 6.04 Å². The molecule has 27 heavy (non-hydrogen) atoms. The number of carbonyl (C=O) groups excluding carboxylic acids is 1. The van der Waals surface area contributed by atoms with E-state index in [9.17, 15) is 13.6 Å². The fourth-order valence-electron chi connectivity index (χ4n) is 2.58. The van der Waals surface area contributed by atoms with Crippen LogP contribution in [-0.2, 0) is 9.53 Å². The van der Waals surface area contributed by atoms with Crippen LogP contribution in [0.25, 0.3) is 0 Å². The molecule has 5 nitrogen and oxygen atoms in total. The molecule has 0 amide bonds. The molecule has 1 aliphatic rings. The average molecular weight is 477 g/mol. The highest BCUT2D eigenvalue weighted by Gasteiger charge is 2.34. The maximum absolute atomic E-state index is 14.0. The Hall–Kier alpha value is -1.84. The van der Waals surface area contributed by atoms with Crippen LogP contribution in [-0.4, -0.2) is 28.7 Å². The second-order valence-corrected chi connectivity index (χ2v) is 7.19. The Morgan fingerprint density at radius 1 is 1.44 bits per heavy atom. The number of aromatic nitrogens is 1. The zero-order valence-corrected chi connectivity index (χ0v) is 17.1. The Morgan fingerprint density at radius 3 is 2.85 bits per heavy atom. The lowest BCUT2D eigenvalue weighted by Crippen LogP contribution is -2.34. The molecule has 10 heteroatoms. The highest BCUT2D eigenvalue weighted by Crippen LogP contribution is 2.38. The van der Waals surface area contributed by atoms with Crippen LogP contribution in [0.3, 0.4) is 0 Å². The van der Waals surface area contributed by atoms with Gasteiger partial charge in [-0.2, -0.15) is 0 Å². The molecule has 0 bridgehead atoms. The first-order valence-electron chi connectivity index (χ1n) is 7.82. The third-order valence-electron chi connectivity index (χ3n) is 3.75. The number of hydrogen-bond donors (Lipinski definition) is 1. The molecule has 2 heterocycles. The first kappa shape index (κ1) is 19.9. The number of ether oxygens (including phenoxy) is 1. The number of thiazole rings is 1. The van der Waals surface area contributed by atoms with Gasteiger partial charge in [-0.05, 0) is 13.0 Å². The minimum absolute atomic E-state index is 0.152. The van der Waals surface area contributed by atoms with Crippen LogP contribution in [0.4, 0.5) is 8.78 Å². The molecule has 0 spiro atoms. The summed E-state index contributed by atoms with van der Waals surface area (Å²) < 4.78 is 32.7. The van der Waals surface area contributed by atoms with Crippen molar-refractivity contribution in [2.24, 2.45) is 4.99 Å². The molecule has 0 unspecified atom stereocenters. The van der Waals surface area contributed by atoms with Gasteiger partial charge in [0.25, 0.3) is 0 Å². The highest BCUT2D eigenvalue weighted by atomic mass is 79.9. The number of rotatable bonds is 5. The standard InChI is InChI=1S/C17H13BrClF2N3O2S/c1-2-26-17(25)11-10(7-18)23-15(16-22-5-6-27-16)24-14(11)8-3-4-9(20)13(21)12(8)19/h3-6,14H,2,7H2,1H3,(H,23,24)/t14-/m0/s1. The number of benzene rings is 1. The Labute approximate surface area is 171 Å². The zero-order chi connectivity index (χ0) is 19.6. The number of amidine groups is 1. The lowest BCUT2D eigenvalue weighted by Gasteiger charge is -2.26. The van der Waals surface area contributed by atoms with E-state index >= 15 is 0 Å². The van der Waals surface area contributed by atoms with Crippen molar-refractivity contribution in [3.63, 3.8) is 0 Å². The van der Waals surface area contributed by atoms with Gasteiger partial charge in [-0.1, -0.05) is 33.6 Å². The Morgan fingerprint density at radius 2 is 2.22 bits per heavy atom. The summed E-state index contributed by atoms with van der Waals surface area (Å²) in [5.74, 6) is -2.49. The first-order chi connectivity index (χ1) is 13.0. The number of halogens is 4. The minimum atomic E-state index is -1.19. The summed E-state index contributed by atoms with van der Waals surface area (Å²) in [5.41, 5.74) is 0.814. The van der Waals surface area contributed by atoms with Crippen molar-refractivity contribution >= 4 is 50.7 Å². The van der Waals surface area contributed by atoms with Crippen LogP contribution in [0.2, 0.25) is 5.02 Å². The number of nitrogens with one attached hydrogen (secondary N) is 1. The van der Waals surface area contributed by atoms with Crippen LogP contribution in [0, 0.1) is 11.6 Å². The van der Waals surface area contributed by atoms with Crippen LogP contribution in [0.5, 0.6) is 0 Å². The quantitative estimate of drug-likeness (QED) is 0.395. The summed E-state index contributed by atoms with van der Waals surface area (Å²) in [5, 5.41) is 5.27. The van der Waals surface area contributed by atoms with Crippen molar-refractivity contribution in [2.75, 3.05) is 11.9 Å². The molecule has 1 aromatic carbocycles. The number of allylic oxidation sites excluding steroid dienone is 1. The molecule has 0 fully saturated rings. The van der Waals surface area contributed by atoms with E-state index in [4.69, 9.17) is 16.3 Å². The summed E-state index contributed by atoms with van der Waals surface area (Å²) >= 11 is 10.7. The van der Waals surface area contributed by atoms with Crippen molar-refractivity contribution in [3.8, 4) is 0 Å². The second kappa shape index (κ2) is 8.45. The SMILES string of the molecule is CCOC(=O)C1=C(CBr)NC(c2nccs2)=N[C@H]1c1ccc(F)c(F)c1Cl. The topological polar surface area (TPSA) is 63.6 Å². The average Bonchev–Trinajstić information content (AvgIpc) is 3.20.